The van der Waals surface area contributed by atoms with E-state index in [1.807, 2.05) is 30.5 Å². The SMILES string of the molecule is c1ccc(-c2ccc3nc(-c4nccc5ccccc45)[nH]c3c2)cc1. The average Bonchev–Trinajstić information content (AvgIpc) is 3.11. The van der Waals surface area contributed by atoms with E-state index in [4.69, 9.17) is 4.98 Å². The van der Waals surface area contributed by atoms with Gasteiger partial charge in [-0.05, 0) is 34.7 Å². The van der Waals surface area contributed by atoms with Crippen LogP contribution in [0.2, 0.25) is 0 Å². The van der Waals surface area contributed by atoms with Gasteiger partial charge >= 0.3 is 0 Å². The second-order valence-electron chi connectivity index (χ2n) is 6.06. The summed E-state index contributed by atoms with van der Waals surface area (Å²) in [5.74, 6) is 0.803. The number of nitrogens with zero attached hydrogens (tertiary/aromatic N) is 2. The highest BCUT2D eigenvalue weighted by molar-refractivity contribution is 5.94. The van der Waals surface area contributed by atoms with Crippen molar-refractivity contribution >= 4 is 21.8 Å². The first-order valence-corrected chi connectivity index (χ1v) is 8.28. The molecule has 3 nitrogen and oxygen atoms in total. The van der Waals surface area contributed by atoms with Crippen molar-refractivity contribution in [3.8, 4) is 22.6 Å². The van der Waals surface area contributed by atoms with E-state index < -0.39 is 0 Å². The maximum Gasteiger partial charge on any atom is 0.157 e. The first-order chi connectivity index (χ1) is 12.4. The summed E-state index contributed by atoms with van der Waals surface area (Å²) in [7, 11) is 0. The lowest BCUT2D eigenvalue weighted by Gasteiger charge is -2.02. The van der Waals surface area contributed by atoms with Gasteiger partial charge in [0.15, 0.2) is 5.82 Å². The quantitative estimate of drug-likeness (QED) is 0.470. The molecule has 118 valence electrons. The molecule has 3 aromatic carbocycles. The fraction of sp³-hybridized carbons (Fsp3) is 0. The van der Waals surface area contributed by atoms with Gasteiger partial charge in [0, 0.05) is 11.6 Å². The Morgan fingerprint density at radius 1 is 0.720 bits per heavy atom. The molecule has 1 N–H and O–H groups in total. The Balaban J connectivity index is 1.68. The van der Waals surface area contributed by atoms with E-state index in [0.29, 0.717) is 0 Å². The molecular formula is C22H15N3. The number of imidazole rings is 1. The summed E-state index contributed by atoms with van der Waals surface area (Å²) in [5.41, 5.74) is 5.23. The fourth-order valence-electron chi connectivity index (χ4n) is 3.24. The van der Waals surface area contributed by atoms with E-state index in [9.17, 15) is 0 Å². The molecule has 0 saturated heterocycles. The summed E-state index contributed by atoms with van der Waals surface area (Å²) in [5, 5.41) is 2.27. The Bertz CT molecular complexity index is 1180. The summed E-state index contributed by atoms with van der Waals surface area (Å²) in [6.45, 7) is 0. The molecule has 0 spiro atoms. The van der Waals surface area contributed by atoms with Crippen molar-refractivity contribution in [3.05, 3.63) is 85.1 Å². The van der Waals surface area contributed by atoms with Gasteiger partial charge in [-0.15, -0.1) is 0 Å². The minimum Gasteiger partial charge on any atom is -0.337 e. The summed E-state index contributed by atoms with van der Waals surface area (Å²) in [6.07, 6.45) is 1.83. The maximum atomic E-state index is 4.75. The molecule has 0 aliphatic carbocycles. The zero-order valence-electron chi connectivity index (χ0n) is 13.5. The van der Waals surface area contributed by atoms with Gasteiger partial charge in [-0.1, -0.05) is 60.7 Å². The molecule has 5 aromatic rings. The zero-order chi connectivity index (χ0) is 16.6. The van der Waals surface area contributed by atoms with Crippen molar-refractivity contribution in [2.24, 2.45) is 0 Å². The molecule has 2 heterocycles. The minimum atomic E-state index is 0.803. The molecule has 2 aromatic heterocycles. The molecule has 0 saturated carbocycles. The topological polar surface area (TPSA) is 41.6 Å². The Morgan fingerprint density at radius 2 is 1.56 bits per heavy atom. The molecule has 0 aliphatic heterocycles. The number of aromatic amines is 1. The van der Waals surface area contributed by atoms with Crippen LogP contribution >= 0.6 is 0 Å². The number of H-pyrrole nitrogens is 1. The number of hydrogen-bond acceptors (Lipinski definition) is 2. The minimum absolute atomic E-state index is 0.803. The van der Waals surface area contributed by atoms with E-state index in [0.717, 1.165) is 33.3 Å². The van der Waals surface area contributed by atoms with Gasteiger partial charge in [0.2, 0.25) is 0 Å². The summed E-state index contributed by atoms with van der Waals surface area (Å²) in [4.78, 5) is 12.7. The monoisotopic (exact) mass is 321 g/mol. The summed E-state index contributed by atoms with van der Waals surface area (Å²) >= 11 is 0. The fourth-order valence-corrected chi connectivity index (χ4v) is 3.24. The molecule has 0 radical (unpaired) electrons. The normalized spacial score (nSPS) is 11.2. The van der Waals surface area contributed by atoms with Crippen LogP contribution in [0.25, 0.3) is 44.5 Å². The first kappa shape index (κ1) is 13.9. The zero-order valence-corrected chi connectivity index (χ0v) is 13.5. The van der Waals surface area contributed by atoms with Crippen molar-refractivity contribution in [3.63, 3.8) is 0 Å². The molecule has 0 unspecified atom stereocenters. The average molecular weight is 321 g/mol. The van der Waals surface area contributed by atoms with Gasteiger partial charge in [-0.3, -0.25) is 4.98 Å². The van der Waals surface area contributed by atoms with Crippen LogP contribution in [0, 0.1) is 0 Å². The molecule has 0 atom stereocenters. The van der Waals surface area contributed by atoms with Crippen LogP contribution in [0.3, 0.4) is 0 Å². The molecule has 0 aliphatic rings. The third-order valence-electron chi connectivity index (χ3n) is 4.49. The van der Waals surface area contributed by atoms with E-state index in [1.54, 1.807) is 0 Å². The smallest absolute Gasteiger partial charge is 0.157 e. The van der Waals surface area contributed by atoms with Gasteiger partial charge < -0.3 is 4.98 Å². The number of hydrogen-bond donors (Lipinski definition) is 1. The van der Waals surface area contributed by atoms with Crippen LogP contribution < -0.4 is 0 Å². The highest BCUT2D eigenvalue weighted by Gasteiger charge is 2.10. The molecule has 5 rings (SSSR count). The second-order valence-corrected chi connectivity index (χ2v) is 6.06. The van der Waals surface area contributed by atoms with Crippen LogP contribution in [0.1, 0.15) is 0 Å². The number of pyridine rings is 1. The van der Waals surface area contributed by atoms with Crippen molar-refractivity contribution in [2.45, 2.75) is 0 Å². The lowest BCUT2D eigenvalue weighted by atomic mass is 10.1. The van der Waals surface area contributed by atoms with Crippen LogP contribution in [0.15, 0.2) is 85.1 Å². The molecule has 25 heavy (non-hydrogen) atoms. The molecule has 0 amide bonds. The third-order valence-corrected chi connectivity index (χ3v) is 4.49. The lowest BCUT2D eigenvalue weighted by Crippen LogP contribution is -1.87. The third kappa shape index (κ3) is 2.37. The number of rotatable bonds is 2. The van der Waals surface area contributed by atoms with Gasteiger partial charge in [0.25, 0.3) is 0 Å². The Hall–Kier alpha value is -3.46. The number of benzene rings is 3. The number of fused-ring (bicyclic) bond motifs is 2. The van der Waals surface area contributed by atoms with Gasteiger partial charge in [0.1, 0.15) is 5.69 Å². The van der Waals surface area contributed by atoms with Gasteiger partial charge in [0.05, 0.1) is 11.0 Å². The predicted octanol–water partition coefficient (Wildman–Crippen LogP) is 5.45. The number of aromatic nitrogens is 3. The Labute approximate surface area is 145 Å². The van der Waals surface area contributed by atoms with Crippen LogP contribution in [0.4, 0.5) is 0 Å². The van der Waals surface area contributed by atoms with Crippen LogP contribution in [-0.4, -0.2) is 15.0 Å². The van der Waals surface area contributed by atoms with E-state index in [1.165, 1.54) is 11.1 Å². The maximum absolute atomic E-state index is 4.75. The number of nitrogens with one attached hydrogen (secondary N) is 1. The Kier molecular flexibility index (Phi) is 3.10. The first-order valence-electron chi connectivity index (χ1n) is 8.28. The van der Waals surface area contributed by atoms with Crippen molar-refractivity contribution in [2.75, 3.05) is 0 Å². The summed E-state index contributed by atoms with van der Waals surface area (Å²) in [6, 6.07) is 27.0. The Morgan fingerprint density at radius 3 is 2.48 bits per heavy atom. The standard InChI is InChI=1S/C22H15N3/c1-2-6-15(7-3-1)17-10-11-19-20(14-17)25-22(24-19)21-18-9-5-4-8-16(18)12-13-23-21/h1-14H,(H,24,25). The molecule has 3 heteroatoms. The van der Waals surface area contributed by atoms with Crippen LogP contribution in [-0.2, 0) is 0 Å². The van der Waals surface area contributed by atoms with Gasteiger partial charge in [-0.25, -0.2) is 4.98 Å². The van der Waals surface area contributed by atoms with Crippen LogP contribution in [0.5, 0.6) is 0 Å². The predicted molar refractivity (Wildman–Crippen MR) is 102 cm³/mol. The van der Waals surface area contributed by atoms with Crippen molar-refractivity contribution in [1.29, 1.82) is 0 Å². The van der Waals surface area contributed by atoms with E-state index in [2.05, 4.69) is 64.6 Å². The second kappa shape index (κ2) is 5.56. The van der Waals surface area contributed by atoms with E-state index >= 15 is 0 Å². The highest BCUT2D eigenvalue weighted by Crippen LogP contribution is 2.28. The lowest BCUT2D eigenvalue weighted by molar-refractivity contribution is 1.26. The largest absolute Gasteiger partial charge is 0.337 e. The summed E-state index contributed by atoms with van der Waals surface area (Å²) < 4.78 is 0. The van der Waals surface area contributed by atoms with E-state index in [-0.39, 0.29) is 0 Å². The molecule has 0 fully saturated rings. The van der Waals surface area contributed by atoms with Crippen molar-refractivity contribution in [1.82, 2.24) is 15.0 Å². The molecule has 0 bridgehead atoms. The van der Waals surface area contributed by atoms with Gasteiger partial charge in [-0.2, -0.15) is 0 Å². The highest BCUT2D eigenvalue weighted by atomic mass is 14.9. The molecular weight excluding hydrogens is 306 g/mol. The van der Waals surface area contributed by atoms with Crippen molar-refractivity contribution < 1.29 is 0 Å².